The van der Waals surface area contributed by atoms with Crippen molar-refractivity contribution in [3.05, 3.63) is 0 Å². The molecule has 1 saturated carbocycles. The summed E-state index contributed by atoms with van der Waals surface area (Å²) in [6.45, 7) is 8.52. The highest BCUT2D eigenvalue weighted by atomic mass is 16.5. The number of likely N-dealkylation sites (N-methyl/N-ethyl adjacent to an activating group) is 1. The molecule has 0 saturated heterocycles. The van der Waals surface area contributed by atoms with Crippen LogP contribution < -0.4 is 0 Å². The third-order valence-electron chi connectivity index (χ3n) is 3.08. The van der Waals surface area contributed by atoms with Crippen molar-refractivity contribution in [1.29, 1.82) is 0 Å². The van der Waals surface area contributed by atoms with Crippen molar-refractivity contribution in [3.63, 3.8) is 0 Å². The summed E-state index contributed by atoms with van der Waals surface area (Å²) in [5.41, 5.74) is 0. The molecule has 3 nitrogen and oxygen atoms in total. The van der Waals surface area contributed by atoms with Gasteiger partial charge in [-0.3, -0.25) is 0 Å². The molecule has 0 amide bonds. The van der Waals surface area contributed by atoms with E-state index < -0.39 is 0 Å². The first-order valence-electron chi connectivity index (χ1n) is 6.74. The van der Waals surface area contributed by atoms with E-state index in [1.54, 1.807) is 0 Å². The van der Waals surface area contributed by atoms with Gasteiger partial charge in [0.1, 0.15) is 0 Å². The van der Waals surface area contributed by atoms with Crippen molar-refractivity contribution in [2.45, 2.75) is 45.6 Å². The summed E-state index contributed by atoms with van der Waals surface area (Å²) in [4.78, 5) is 2.34. The minimum atomic E-state index is -0.324. The van der Waals surface area contributed by atoms with Gasteiger partial charge in [0.25, 0.3) is 0 Å². The van der Waals surface area contributed by atoms with Crippen molar-refractivity contribution in [2.24, 2.45) is 5.92 Å². The fraction of sp³-hybridized carbons (Fsp3) is 1.00. The average Bonchev–Trinajstić information content (AvgIpc) is 3.07. The van der Waals surface area contributed by atoms with Crippen LogP contribution in [-0.4, -0.2) is 49.0 Å². The standard InChI is InChI=1S/C13H27NO2/c1-3-5-8-16-11-13(15)10-14(4-2)9-12-6-7-12/h12-13,15H,3-11H2,1-2H3. The van der Waals surface area contributed by atoms with Crippen LogP contribution in [0.25, 0.3) is 0 Å². The van der Waals surface area contributed by atoms with Gasteiger partial charge in [0, 0.05) is 19.7 Å². The van der Waals surface area contributed by atoms with E-state index in [1.165, 1.54) is 12.8 Å². The van der Waals surface area contributed by atoms with Crippen molar-refractivity contribution in [2.75, 3.05) is 32.8 Å². The van der Waals surface area contributed by atoms with Crippen LogP contribution in [0.5, 0.6) is 0 Å². The number of aliphatic hydroxyl groups excluding tert-OH is 1. The number of rotatable bonds is 10. The number of ether oxygens (including phenoxy) is 1. The molecule has 0 radical (unpaired) electrons. The zero-order valence-corrected chi connectivity index (χ0v) is 10.8. The molecule has 1 aliphatic rings. The highest BCUT2D eigenvalue weighted by Crippen LogP contribution is 2.29. The quantitative estimate of drug-likeness (QED) is 0.581. The number of nitrogens with zero attached hydrogens (tertiary/aromatic N) is 1. The van der Waals surface area contributed by atoms with E-state index in [0.29, 0.717) is 6.61 Å². The van der Waals surface area contributed by atoms with Gasteiger partial charge in [-0.1, -0.05) is 20.3 Å². The van der Waals surface area contributed by atoms with Gasteiger partial charge in [0.05, 0.1) is 12.7 Å². The van der Waals surface area contributed by atoms with E-state index in [0.717, 1.165) is 45.0 Å². The van der Waals surface area contributed by atoms with Crippen LogP contribution in [0.2, 0.25) is 0 Å². The Morgan fingerprint density at radius 2 is 2.12 bits per heavy atom. The molecule has 1 fully saturated rings. The number of hydrogen-bond acceptors (Lipinski definition) is 3. The summed E-state index contributed by atoms with van der Waals surface area (Å²) in [5, 5.41) is 9.82. The molecule has 1 N–H and O–H groups in total. The molecular formula is C13H27NO2. The Labute approximate surface area is 99.8 Å². The molecule has 0 aromatic heterocycles. The molecule has 0 aromatic rings. The monoisotopic (exact) mass is 229 g/mol. The Hall–Kier alpha value is -0.120. The lowest BCUT2D eigenvalue weighted by Crippen LogP contribution is -2.36. The second kappa shape index (κ2) is 8.04. The summed E-state index contributed by atoms with van der Waals surface area (Å²) in [5.74, 6) is 0.896. The van der Waals surface area contributed by atoms with Gasteiger partial charge in [-0.05, 0) is 31.7 Å². The maximum Gasteiger partial charge on any atom is 0.0900 e. The van der Waals surface area contributed by atoms with Crippen molar-refractivity contribution >= 4 is 0 Å². The molecule has 96 valence electrons. The largest absolute Gasteiger partial charge is 0.389 e. The summed E-state index contributed by atoms with van der Waals surface area (Å²) in [6.07, 6.45) is 4.67. The maximum atomic E-state index is 9.82. The van der Waals surface area contributed by atoms with E-state index in [-0.39, 0.29) is 6.10 Å². The van der Waals surface area contributed by atoms with E-state index in [2.05, 4.69) is 18.7 Å². The molecule has 3 heteroatoms. The first-order chi connectivity index (χ1) is 7.76. The minimum absolute atomic E-state index is 0.324. The third kappa shape index (κ3) is 6.46. The zero-order valence-electron chi connectivity index (χ0n) is 10.8. The summed E-state index contributed by atoms with van der Waals surface area (Å²) < 4.78 is 5.43. The highest BCUT2D eigenvalue weighted by molar-refractivity contribution is 4.77. The number of aliphatic hydroxyl groups is 1. The molecular weight excluding hydrogens is 202 g/mol. The Morgan fingerprint density at radius 3 is 2.69 bits per heavy atom. The average molecular weight is 229 g/mol. The van der Waals surface area contributed by atoms with Gasteiger partial charge in [-0.15, -0.1) is 0 Å². The van der Waals surface area contributed by atoms with Crippen LogP contribution in [0.1, 0.15) is 39.5 Å². The molecule has 0 aliphatic heterocycles. The molecule has 1 atom stereocenters. The van der Waals surface area contributed by atoms with Crippen LogP contribution in [-0.2, 0) is 4.74 Å². The fourth-order valence-electron chi connectivity index (χ4n) is 1.81. The second-order valence-corrected chi connectivity index (χ2v) is 4.88. The first kappa shape index (κ1) is 13.9. The topological polar surface area (TPSA) is 32.7 Å². The Morgan fingerprint density at radius 1 is 1.38 bits per heavy atom. The fourth-order valence-corrected chi connectivity index (χ4v) is 1.81. The van der Waals surface area contributed by atoms with Gasteiger partial charge < -0.3 is 14.7 Å². The van der Waals surface area contributed by atoms with E-state index in [1.807, 2.05) is 0 Å². The highest BCUT2D eigenvalue weighted by Gasteiger charge is 2.24. The lowest BCUT2D eigenvalue weighted by molar-refractivity contribution is 0.0159. The molecule has 1 unspecified atom stereocenters. The molecule has 16 heavy (non-hydrogen) atoms. The lowest BCUT2D eigenvalue weighted by Gasteiger charge is -2.23. The number of hydrogen-bond donors (Lipinski definition) is 1. The van der Waals surface area contributed by atoms with Crippen LogP contribution >= 0.6 is 0 Å². The van der Waals surface area contributed by atoms with Crippen LogP contribution in [0.15, 0.2) is 0 Å². The SMILES string of the molecule is CCCCOCC(O)CN(CC)CC1CC1. The summed E-state index contributed by atoms with van der Waals surface area (Å²) >= 11 is 0. The summed E-state index contributed by atoms with van der Waals surface area (Å²) in [7, 11) is 0. The zero-order chi connectivity index (χ0) is 11.8. The Kier molecular flexibility index (Phi) is 7.01. The normalized spacial score (nSPS) is 18.0. The minimum Gasteiger partial charge on any atom is -0.389 e. The van der Waals surface area contributed by atoms with E-state index >= 15 is 0 Å². The molecule has 1 rings (SSSR count). The van der Waals surface area contributed by atoms with Crippen molar-refractivity contribution < 1.29 is 9.84 Å². The number of unbranched alkanes of at least 4 members (excludes halogenated alkanes) is 1. The lowest BCUT2D eigenvalue weighted by atomic mass is 10.3. The van der Waals surface area contributed by atoms with Crippen LogP contribution in [0.4, 0.5) is 0 Å². The molecule has 0 spiro atoms. The predicted molar refractivity (Wildman–Crippen MR) is 66.6 cm³/mol. The van der Waals surface area contributed by atoms with Gasteiger partial charge in [0.15, 0.2) is 0 Å². The molecule has 0 bridgehead atoms. The van der Waals surface area contributed by atoms with Gasteiger partial charge in [-0.25, -0.2) is 0 Å². The van der Waals surface area contributed by atoms with E-state index in [4.69, 9.17) is 4.74 Å². The van der Waals surface area contributed by atoms with E-state index in [9.17, 15) is 5.11 Å². The van der Waals surface area contributed by atoms with Crippen molar-refractivity contribution in [3.8, 4) is 0 Å². The molecule has 0 aromatic carbocycles. The second-order valence-electron chi connectivity index (χ2n) is 4.88. The Balaban J connectivity index is 2.02. The van der Waals surface area contributed by atoms with Crippen LogP contribution in [0.3, 0.4) is 0 Å². The maximum absolute atomic E-state index is 9.82. The smallest absolute Gasteiger partial charge is 0.0900 e. The Bertz CT molecular complexity index is 171. The van der Waals surface area contributed by atoms with Gasteiger partial charge >= 0.3 is 0 Å². The molecule has 0 heterocycles. The summed E-state index contributed by atoms with van der Waals surface area (Å²) in [6, 6.07) is 0. The van der Waals surface area contributed by atoms with Crippen molar-refractivity contribution in [1.82, 2.24) is 4.90 Å². The third-order valence-corrected chi connectivity index (χ3v) is 3.08. The van der Waals surface area contributed by atoms with Gasteiger partial charge in [-0.2, -0.15) is 0 Å². The van der Waals surface area contributed by atoms with Gasteiger partial charge in [0.2, 0.25) is 0 Å². The predicted octanol–water partition coefficient (Wildman–Crippen LogP) is 1.90. The first-order valence-corrected chi connectivity index (χ1v) is 6.74. The van der Waals surface area contributed by atoms with Crippen LogP contribution in [0, 0.1) is 5.92 Å². The molecule has 1 aliphatic carbocycles.